The van der Waals surface area contributed by atoms with Crippen LogP contribution in [0.15, 0.2) is 36.5 Å². The maximum atomic E-state index is 12.6. The van der Waals surface area contributed by atoms with Crippen molar-refractivity contribution in [3.05, 3.63) is 36.5 Å². The van der Waals surface area contributed by atoms with E-state index in [-0.39, 0.29) is 26.1 Å². The molecule has 0 spiro atoms. The first-order valence-corrected chi connectivity index (χ1v) is 17.1. The third-order valence-electron chi connectivity index (χ3n) is 7.54. The maximum Gasteiger partial charge on any atom is 0.306 e. The van der Waals surface area contributed by atoms with E-state index >= 15 is 0 Å². The van der Waals surface area contributed by atoms with Crippen molar-refractivity contribution in [3.8, 4) is 0 Å². The van der Waals surface area contributed by atoms with Crippen LogP contribution in [0.1, 0.15) is 117 Å². The smallest absolute Gasteiger partial charge is 0.306 e. The quantitative estimate of drug-likeness (QED) is 0.0563. The molecule has 1 heterocycles. The summed E-state index contributed by atoms with van der Waals surface area (Å²) in [6.07, 6.45) is 19.2. The molecule has 0 saturated carbocycles. The third-order valence-corrected chi connectivity index (χ3v) is 7.54. The number of aliphatic hydroxyl groups is 4. The lowest BCUT2D eigenvalue weighted by atomic mass is 9.99. The molecule has 4 N–H and O–H groups in total. The Bertz CT molecular complexity index is 840. The molecular weight excluding hydrogens is 580 g/mol. The zero-order chi connectivity index (χ0) is 33.1. The summed E-state index contributed by atoms with van der Waals surface area (Å²) in [5.74, 6) is -0.847. The van der Waals surface area contributed by atoms with E-state index in [9.17, 15) is 30.0 Å². The van der Waals surface area contributed by atoms with Gasteiger partial charge < -0.3 is 39.4 Å². The van der Waals surface area contributed by atoms with Gasteiger partial charge in [-0.25, -0.2) is 0 Å². The van der Waals surface area contributed by atoms with Crippen molar-refractivity contribution < 1.29 is 49.0 Å². The van der Waals surface area contributed by atoms with Crippen LogP contribution in [0.3, 0.4) is 0 Å². The summed E-state index contributed by atoms with van der Waals surface area (Å²) in [6, 6.07) is 0. The van der Waals surface area contributed by atoms with Crippen LogP contribution in [0.25, 0.3) is 0 Å². The Morgan fingerprint density at radius 3 is 1.98 bits per heavy atom. The minimum atomic E-state index is -1.59. The van der Waals surface area contributed by atoms with Gasteiger partial charge in [-0.15, -0.1) is 0 Å². The van der Waals surface area contributed by atoms with Crippen LogP contribution in [0, 0.1) is 0 Å². The number of hydrogen-bond donors (Lipinski definition) is 4. The molecule has 45 heavy (non-hydrogen) atoms. The van der Waals surface area contributed by atoms with Gasteiger partial charge >= 0.3 is 11.9 Å². The predicted octanol–water partition coefficient (Wildman–Crippen LogP) is 5.21. The minimum absolute atomic E-state index is 0.210. The molecule has 1 fully saturated rings. The lowest BCUT2D eigenvalue weighted by Crippen LogP contribution is -2.59. The second-order valence-corrected chi connectivity index (χ2v) is 11.6. The molecule has 10 nitrogen and oxygen atoms in total. The van der Waals surface area contributed by atoms with Gasteiger partial charge in [0.2, 0.25) is 0 Å². The number of unbranched alkanes of at least 4 members (excludes halogenated alkanes) is 9. The van der Waals surface area contributed by atoms with Crippen LogP contribution in [-0.4, -0.2) is 89.0 Å². The van der Waals surface area contributed by atoms with Crippen LogP contribution >= 0.6 is 0 Å². The molecule has 260 valence electrons. The monoisotopic (exact) mass is 640 g/mol. The fraction of sp³-hybridized carbons (Fsp3) is 0.771. The molecule has 0 radical (unpaired) electrons. The molecule has 6 unspecified atom stereocenters. The van der Waals surface area contributed by atoms with Gasteiger partial charge in [-0.2, -0.15) is 0 Å². The maximum absolute atomic E-state index is 12.6. The van der Waals surface area contributed by atoms with Gasteiger partial charge in [0, 0.05) is 12.8 Å². The van der Waals surface area contributed by atoms with Crippen LogP contribution < -0.4 is 0 Å². The van der Waals surface area contributed by atoms with E-state index in [0.29, 0.717) is 6.42 Å². The topological polar surface area (TPSA) is 152 Å². The van der Waals surface area contributed by atoms with Crippen molar-refractivity contribution in [1.29, 1.82) is 0 Å². The fourth-order valence-electron chi connectivity index (χ4n) is 4.79. The SMILES string of the molecule is CC/C=C\C/C=C\C/C=C\CCCCCCCC(=O)OC(COC(=O)CCCCCCC)COC1OC(CO)C(O)C(O)C1O. The lowest BCUT2D eigenvalue weighted by Gasteiger charge is -2.39. The number of allylic oxidation sites excluding steroid dienone is 6. The Balaban J connectivity index is 2.41. The molecule has 1 aliphatic heterocycles. The van der Waals surface area contributed by atoms with Crippen LogP contribution in [0.4, 0.5) is 0 Å². The number of esters is 2. The molecule has 10 heteroatoms. The molecule has 0 aromatic heterocycles. The van der Waals surface area contributed by atoms with Crippen molar-refractivity contribution in [2.45, 2.75) is 153 Å². The van der Waals surface area contributed by atoms with Gasteiger partial charge in [0.05, 0.1) is 13.2 Å². The molecule has 1 rings (SSSR count). The molecule has 0 amide bonds. The molecular formula is C35H60O10. The first-order chi connectivity index (χ1) is 21.8. The Labute approximate surface area is 270 Å². The number of carbonyl (C=O) groups is 2. The minimum Gasteiger partial charge on any atom is -0.462 e. The van der Waals surface area contributed by atoms with Crippen molar-refractivity contribution in [2.24, 2.45) is 0 Å². The highest BCUT2D eigenvalue weighted by Crippen LogP contribution is 2.22. The Kier molecular flexibility index (Phi) is 24.6. The van der Waals surface area contributed by atoms with E-state index in [4.69, 9.17) is 18.9 Å². The fourth-order valence-corrected chi connectivity index (χ4v) is 4.79. The molecule has 0 aromatic rings. The van der Waals surface area contributed by atoms with Gasteiger partial charge in [0.25, 0.3) is 0 Å². The summed E-state index contributed by atoms with van der Waals surface area (Å²) in [5, 5.41) is 39.7. The van der Waals surface area contributed by atoms with E-state index in [0.717, 1.165) is 83.5 Å². The van der Waals surface area contributed by atoms with Gasteiger partial charge in [0.15, 0.2) is 12.4 Å². The average molecular weight is 641 g/mol. The standard InChI is InChI=1S/C35H60O10/c1-3-5-7-9-10-11-12-13-14-15-16-17-18-20-22-24-31(38)44-28(26-42-30(37)23-21-19-8-6-4-2)27-43-35-34(41)33(40)32(39)29(25-36)45-35/h5,7,10-11,13-14,28-29,32-36,39-41H,3-4,6,8-9,12,15-27H2,1-2H3/b7-5-,11-10-,14-13-. The summed E-state index contributed by atoms with van der Waals surface area (Å²) in [6.45, 7) is 3.15. The summed E-state index contributed by atoms with van der Waals surface area (Å²) >= 11 is 0. The molecule has 1 aliphatic rings. The summed E-state index contributed by atoms with van der Waals surface area (Å²) in [7, 11) is 0. The molecule has 0 bridgehead atoms. The van der Waals surface area contributed by atoms with Gasteiger partial charge in [-0.1, -0.05) is 95.2 Å². The Hall–Kier alpha value is -2.08. The zero-order valence-electron chi connectivity index (χ0n) is 27.6. The molecule has 0 aromatic carbocycles. The van der Waals surface area contributed by atoms with E-state index < -0.39 is 55.4 Å². The van der Waals surface area contributed by atoms with E-state index in [1.807, 2.05) is 0 Å². The highest BCUT2D eigenvalue weighted by Gasteiger charge is 2.44. The van der Waals surface area contributed by atoms with Crippen LogP contribution in [0.5, 0.6) is 0 Å². The number of hydrogen-bond acceptors (Lipinski definition) is 10. The third kappa shape index (κ3) is 19.9. The van der Waals surface area contributed by atoms with Crippen LogP contribution in [-0.2, 0) is 28.5 Å². The second kappa shape index (κ2) is 27.1. The number of carbonyl (C=O) groups excluding carboxylic acids is 2. The number of aliphatic hydroxyl groups excluding tert-OH is 4. The first kappa shape index (κ1) is 40.9. The number of ether oxygens (including phenoxy) is 4. The summed E-state index contributed by atoms with van der Waals surface area (Å²) in [4.78, 5) is 24.8. The summed E-state index contributed by atoms with van der Waals surface area (Å²) in [5.41, 5.74) is 0. The van der Waals surface area contributed by atoms with Gasteiger partial charge in [-0.3, -0.25) is 9.59 Å². The average Bonchev–Trinajstić information content (AvgIpc) is 3.03. The molecule has 1 saturated heterocycles. The van der Waals surface area contributed by atoms with Gasteiger partial charge in [-0.05, 0) is 44.9 Å². The normalized spacial score (nSPS) is 22.8. The predicted molar refractivity (Wildman–Crippen MR) is 173 cm³/mol. The van der Waals surface area contributed by atoms with Crippen molar-refractivity contribution in [3.63, 3.8) is 0 Å². The van der Waals surface area contributed by atoms with Crippen molar-refractivity contribution >= 4 is 11.9 Å². The summed E-state index contributed by atoms with van der Waals surface area (Å²) < 4.78 is 21.8. The van der Waals surface area contributed by atoms with E-state index in [2.05, 4.69) is 50.3 Å². The molecule has 6 atom stereocenters. The highest BCUT2D eigenvalue weighted by atomic mass is 16.7. The van der Waals surface area contributed by atoms with Crippen molar-refractivity contribution in [2.75, 3.05) is 19.8 Å². The van der Waals surface area contributed by atoms with Crippen LogP contribution in [0.2, 0.25) is 0 Å². The Morgan fingerprint density at radius 2 is 1.31 bits per heavy atom. The largest absolute Gasteiger partial charge is 0.462 e. The van der Waals surface area contributed by atoms with E-state index in [1.165, 1.54) is 0 Å². The van der Waals surface area contributed by atoms with E-state index in [1.54, 1.807) is 0 Å². The second-order valence-electron chi connectivity index (χ2n) is 11.6. The highest BCUT2D eigenvalue weighted by molar-refractivity contribution is 5.70. The Morgan fingerprint density at radius 1 is 0.711 bits per heavy atom. The van der Waals surface area contributed by atoms with Crippen molar-refractivity contribution in [1.82, 2.24) is 0 Å². The lowest BCUT2D eigenvalue weighted by molar-refractivity contribution is -0.305. The zero-order valence-corrected chi connectivity index (χ0v) is 27.6. The first-order valence-electron chi connectivity index (χ1n) is 17.1. The number of rotatable bonds is 26. The molecule has 0 aliphatic carbocycles. The van der Waals surface area contributed by atoms with Gasteiger partial charge in [0.1, 0.15) is 31.0 Å².